The van der Waals surface area contributed by atoms with E-state index in [4.69, 9.17) is 0 Å². The van der Waals surface area contributed by atoms with Crippen LogP contribution in [0.2, 0.25) is 0 Å². The third-order valence-electron chi connectivity index (χ3n) is 6.68. The molecule has 0 bridgehead atoms. The summed E-state index contributed by atoms with van der Waals surface area (Å²) < 4.78 is 102. The Morgan fingerprint density at radius 1 is 0.743 bits per heavy atom. The standard InChI is InChI=1S/C27H23F7O/c1-2-15-3-5-16(6-4-15)17-7-9-18(10-8-17)19-11-21(28)25(22(29)12-19)27(33,34)35-20-13-23(30)26(32)24(31)14-20/h7-16H,2-6H2,1H3. The number of hydrogen-bond donors (Lipinski definition) is 0. The van der Waals surface area contributed by atoms with Crippen LogP contribution in [-0.4, -0.2) is 0 Å². The van der Waals surface area contributed by atoms with Crippen molar-refractivity contribution in [3.63, 3.8) is 0 Å². The number of rotatable bonds is 6. The molecule has 1 aliphatic rings. The Morgan fingerprint density at radius 2 is 1.29 bits per heavy atom. The quantitative estimate of drug-likeness (QED) is 0.245. The fourth-order valence-corrected chi connectivity index (χ4v) is 4.66. The second-order valence-electron chi connectivity index (χ2n) is 8.88. The Kier molecular flexibility index (Phi) is 7.10. The summed E-state index contributed by atoms with van der Waals surface area (Å²) in [5, 5.41) is 0. The first-order valence-electron chi connectivity index (χ1n) is 11.4. The third kappa shape index (κ3) is 5.31. The molecule has 0 radical (unpaired) electrons. The molecule has 8 heteroatoms. The van der Waals surface area contributed by atoms with Crippen molar-refractivity contribution in [1.82, 2.24) is 0 Å². The number of benzene rings is 3. The Morgan fingerprint density at radius 3 is 1.80 bits per heavy atom. The zero-order valence-electron chi connectivity index (χ0n) is 18.9. The second-order valence-corrected chi connectivity index (χ2v) is 8.88. The van der Waals surface area contributed by atoms with Crippen molar-refractivity contribution >= 4 is 0 Å². The van der Waals surface area contributed by atoms with Crippen molar-refractivity contribution in [2.75, 3.05) is 0 Å². The number of hydrogen-bond acceptors (Lipinski definition) is 1. The van der Waals surface area contributed by atoms with Crippen LogP contribution in [0.5, 0.6) is 5.75 Å². The van der Waals surface area contributed by atoms with Gasteiger partial charge < -0.3 is 4.74 Å². The fraction of sp³-hybridized carbons (Fsp3) is 0.333. The van der Waals surface area contributed by atoms with Gasteiger partial charge in [-0.2, -0.15) is 8.78 Å². The van der Waals surface area contributed by atoms with Gasteiger partial charge in [-0.3, -0.25) is 0 Å². The minimum Gasteiger partial charge on any atom is -0.429 e. The van der Waals surface area contributed by atoms with E-state index < -0.39 is 46.5 Å². The summed E-state index contributed by atoms with van der Waals surface area (Å²) in [5.41, 5.74) is -0.123. The van der Waals surface area contributed by atoms with Gasteiger partial charge in [-0.15, -0.1) is 0 Å². The minimum atomic E-state index is -4.62. The maximum absolute atomic E-state index is 14.6. The van der Waals surface area contributed by atoms with E-state index in [9.17, 15) is 30.7 Å². The van der Waals surface area contributed by atoms with Crippen LogP contribution in [0.3, 0.4) is 0 Å². The second kappa shape index (κ2) is 9.91. The van der Waals surface area contributed by atoms with Crippen molar-refractivity contribution in [3.05, 3.63) is 88.7 Å². The molecular formula is C27H23F7O. The van der Waals surface area contributed by atoms with Crippen molar-refractivity contribution in [2.24, 2.45) is 5.92 Å². The van der Waals surface area contributed by atoms with E-state index in [0.717, 1.165) is 49.3 Å². The first kappa shape index (κ1) is 25.1. The van der Waals surface area contributed by atoms with E-state index in [2.05, 4.69) is 11.7 Å². The van der Waals surface area contributed by atoms with Crippen LogP contribution >= 0.6 is 0 Å². The zero-order valence-corrected chi connectivity index (χ0v) is 18.9. The van der Waals surface area contributed by atoms with Gasteiger partial charge in [0.15, 0.2) is 17.5 Å². The van der Waals surface area contributed by atoms with Crippen LogP contribution in [0.15, 0.2) is 48.5 Å². The Hall–Kier alpha value is -3.03. The molecule has 186 valence electrons. The molecule has 0 heterocycles. The highest BCUT2D eigenvalue weighted by molar-refractivity contribution is 5.64. The topological polar surface area (TPSA) is 9.23 Å². The van der Waals surface area contributed by atoms with Gasteiger partial charge in [-0.05, 0) is 66.3 Å². The molecule has 0 amide bonds. The van der Waals surface area contributed by atoms with Gasteiger partial charge in [0.05, 0.1) is 0 Å². The lowest BCUT2D eigenvalue weighted by molar-refractivity contribution is -0.189. The summed E-state index contributed by atoms with van der Waals surface area (Å²) >= 11 is 0. The summed E-state index contributed by atoms with van der Waals surface area (Å²) in [6.07, 6.45) is 1.02. The highest BCUT2D eigenvalue weighted by Gasteiger charge is 2.41. The molecule has 0 spiro atoms. The normalized spacial score (nSPS) is 18.5. The van der Waals surface area contributed by atoms with Crippen molar-refractivity contribution < 1.29 is 35.5 Å². The molecule has 0 atom stereocenters. The number of ether oxygens (including phenoxy) is 1. The molecule has 1 aliphatic carbocycles. The van der Waals surface area contributed by atoms with Crippen LogP contribution in [0.25, 0.3) is 11.1 Å². The van der Waals surface area contributed by atoms with Gasteiger partial charge >= 0.3 is 6.11 Å². The monoisotopic (exact) mass is 496 g/mol. The lowest BCUT2D eigenvalue weighted by Crippen LogP contribution is -2.25. The largest absolute Gasteiger partial charge is 0.432 e. The fourth-order valence-electron chi connectivity index (χ4n) is 4.66. The summed E-state index contributed by atoms with van der Waals surface area (Å²) in [6.45, 7) is 2.19. The van der Waals surface area contributed by atoms with E-state index in [1.54, 1.807) is 12.1 Å². The van der Waals surface area contributed by atoms with Crippen molar-refractivity contribution in [2.45, 2.75) is 51.1 Å². The first-order valence-corrected chi connectivity index (χ1v) is 11.4. The lowest BCUT2D eigenvalue weighted by Gasteiger charge is -2.28. The van der Waals surface area contributed by atoms with Crippen LogP contribution < -0.4 is 4.74 Å². The molecule has 1 saturated carbocycles. The highest BCUT2D eigenvalue weighted by atomic mass is 19.3. The highest BCUT2D eigenvalue weighted by Crippen LogP contribution is 2.39. The lowest BCUT2D eigenvalue weighted by atomic mass is 9.77. The van der Waals surface area contributed by atoms with Gasteiger partial charge in [0.1, 0.15) is 22.9 Å². The Balaban J connectivity index is 1.55. The van der Waals surface area contributed by atoms with Gasteiger partial charge in [-0.25, -0.2) is 22.0 Å². The average Bonchev–Trinajstić information content (AvgIpc) is 2.81. The zero-order chi connectivity index (χ0) is 25.3. The van der Waals surface area contributed by atoms with Gasteiger partial charge in [0.25, 0.3) is 0 Å². The maximum atomic E-state index is 14.6. The molecular weight excluding hydrogens is 473 g/mol. The molecule has 3 aromatic rings. The molecule has 4 rings (SSSR count). The average molecular weight is 496 g/mol. The smallest absolute Gasteiger partial charge is 0.429 e. The number of alkyl halides is 2. The van der Waals surface area contributed by atoms with Crippen LogP contribution in [0.4, 0.5) is 30.7 Å². The molecule has 0 saturated heterocycles. The maximum Gasteiger partial charge on any atom is 0.432 e. The molecule has 1 fully saturated rings. The van der Waals surface area contributed by atoms with E-state index in [0.29, 0.717) is 11.5 Å². The van der Waals surface area contributed by atoms with Crippen LogP contribution in [0.1, 0.15) is 56.1 Å². The first-order chi connectivity index (χ1) is 16.6. The Bertz CT molecular complexity index is 1150. The molecule has 0 aromatic heterocycles. The minimum absolute atomic E-state index is 0.0414. The van der Waals surface area contributed by atoms with E-state index in [-0.39, 0.29) is 17.7 Å². The molecule has 0 N–H and O–H groups in total. The Labute approximate surface area is 198 Å². The van der Waals surface area contributed by atoms with Gasteiger partial charge in [0, 0.05) is 12.1 Å². The van der Waals surface area contributed by atoms with E-state index >= 15 is 0 Å². The molecule has 0 unspecified atom stereocenters. The van der Waals surface area contributed by atoms with Crippen LogP contribution in [0, 0.1) is 35.0 Å². The van der Waals surface area contributed by atoms with Crippen LogP contribution in [-0.2, 0) is 6.11 Å². The SMILES string of the molecule is CCC1CCC(c2ccc(-c3cc(F)c(C(F)(F)Oc4cc(F)c(F)c(F)c4)c(F)c3)cc2)CC1. The molecule has 0 aliphatic heterocycles. The van der Waals surface area contributed by atoms with Gasteiger partial charge in [-0.1, -0.05) is 37.6 Å². The van der Waals surface area contributed by atoms with E-state index in [1.165, 1.54) is 6.42 Å². The van der Waals surface area contributed by atoms with Gasteiger partial charge in [0.2, 0.25) is 0 Å². The molecule has 3 aromatic carbocycles. The van der Waals surface area contributed by atoms with E-state index in [1.807, 2.05) is 12.1 Å². The number of halogens is 7. The summed E-state index contributed by atoms with van der Waals surface area (Å²) in [6, 6.07) is 8.93. The van der Waals surface area contributed by atoms with Crippen molar-refractivity contribution in [3.8, 4) is 16.9 Å². The summed E-state index contributed by atoms with van der Waals surface area (Å²) in [7, 11) is 0. The van der Waals surface area contributed by atoms with Crippen molar-refractivity contribution in [1.29, 1.82) is 0 Å². The third-order valence-corrected chi connectivity index (χ3v) is 6.68. The molecule has 35 heavy (non-hydrogen) atoms. The summed E-state index contributed by atoms with van der Waals surface area (Å²) in [4.78, 5) is 0. The summed E-state index contributed by atoms with van der Waals surface area (Å²) in [5.74, 6) is -8.62. The molecule has 1 nitrogen and oxygen atoms in total. The predicted octanol–water partition coefficient (Wildman–Crippen LogP) is 8.86. The predicted molar refractivity (Wildman–Crippen MR) is 118 cm³/mol.